The number of nitrogens with one attached hydrogen (secondary N) is 2. The number of amides is 1. The number of rotatable bonds is 4. The van der Waals surface area contributed by atoms with Crippen molar-refractivity contribution in [2.45, 2.75) is 13.5 Å². The van der Waals surface area contributed by atoms with Gasteiger partial charge in [-0.1, -0.05) is 11.6 Å². The highest BCUT2D eigenvalue weighted by Crippen LogP contribution is 2.26. The van der Waals surface area contributed by atoms with E-state index in [1.165, 1.54) is 12.3 Å². The van der Waals surface area contributed by atoms with E-state index in [4.69, 9.17) is 16.9 Å². The highest BCUT2D eigenvalue weighted by Gasteiger charge is 2.15. The molecule has 0 unspecified atom stereocenters. The van der Waals surface area contributed by atoms with Crippen LogP contribution in [0, 0.1) is 18.3 Å². The summed E-state index contributed by atoms with van der Waals surface area (Å²) in [6.45, 7) is 6.71. The zero-order valence-electron chi connectivity index (χ0n) is 14.6. The molecule has 26 heavy (non-hydrogen) atoms. The molecule has 0 bridgehead atoms. The first-order valence-corrected chi connectivity index (χ1v) is 8.84. The number of piperazine rings is 1. The maximum atomic E-state index is 12.5. The summed E-state index contributed by atoms with van der Waals surface area (Å²) in [5.74, 6) is -0.289. The molecule has 0 saturated carbocycles. The molecule has 7 heteroatoms. The summed E-state index contributed by atoms with van der Waals surface area (Å²) in [5, 5.41) is 15.8. The Labute approximate surface area is 157 Å². The molecule has 6 nitrogen and oxygen atoms in total. The largest absolute Gasteiger partial charge is 0.322 e. The van der Waals surface area contributed by atoms with Gasteiger partial charge in [0.1, 0.15) is 11.8 Å². The Morgan fingerprint density at radius 3 is 2.88 bits per heavy atom. The number of aromatic nitrogens is 1. The number of benzene rings is 1. The molecular formula is C19H20ClN5O. The SMILES string of the molecule is Cc1c(CN2CCNCC2)cc(Cl)cc1NC(=O)c1ccnc(C#N)c1. The third-order valence-corrected chi connectivity index (χ3v) is 4.69. The van der Waals surface area contributed by atoms with Crippen LogP contribution in [0.5, 0.6) is 0 Å². The lowest BCUT2D eigenvalue weighted by atomic mass is 10.1. The minimum Gasteiger partial charge on any atom is -0.322 e. The summed E-state index contributed by atoms with van der Waals surface area (Å²) >= 11 is 6.28. The number of pyridine rings is 1. The lowest BCUT2D eigenvalue weighted by Gasteiger charge is -2.28. The predicted octanol–water partition coefficient (Wildman–Crippen LogP) is 2.57. The normalized spacial score (nSPS) is 14.7. The number of carbonyl (C=O) groups is 1. The Balaban J connectivity index is 1.80. The first-order valence-electron chi connectivity index (χ1n) is 8.46. The Hall–Kier alpha value is -2.46. The van der Waals surface area contributed by atoms with Crippen LogP contribution in [0.3, 0.4) is 0 Å². The number of halogens is 1. The molecular weight excluding hydrogens is 350 g/mol. The molecule has 1 aliphatic heterocycles. The highest BCUT2D eigenvalue weighted by molar-refractivity contribution is 6.31. The monoisotopic (exact) mass is 369 g/mol. The highest BCUT2D eigenvalue weighted by atomic mass is 35.5. The first kappa shape index (κ1) is 18.3. The Morgan fingerprint density at radius 1 is 1.38 bits per heavy atom. The summed E-state index contributed by atoms with van der Waals surface area (Å²) in [4.78, 5) is 18.8. The van der Waals surface area contributed by atoms with E-state index in [2.05, 4.69) is 20.5 Å². The van der Waals surface area contributed by atoms with Crippen molar-refractivity contribution >= 4 is 23.2 Å². The third kappa shape index (κ3) is 4.38. The van der Waals surface area contributed by atoms with E-state index in [-0.39, 0.29) is 11.6 Å². The smallest absolute Gasteiger partial charge is 0.255 e. The Morgan fingerprint density at radius 2 is 2.15 bits per heavy atom. The molecule has 3 rings (SSSR count). The van der Waals surface area contributed by atoms with Gasteiger partial charge in [0.25, 0.3) is 5.91 Å². The van der Waals surface area contributed by atoms with Gasteiger partial charge in [0, 0.05) is 55.2 Å². The fourth-order valence-electron chi connectivity index (χ4n) is 2.97. The van der Waals surface area contributed by atoms with Gasteiger partial charge >= 0.3 is 0 Å². The fourth-order valence-corrected chi connectivity index (χ4v) is 3.21. The van der Waals surface area contributed by atoms with Gasteiger partial charge in [0.2, 0.25) is 0 Å². The topological polar surface area (TPSA) is 81.0 Å². The molecule has 0 atom stereocenters. The van der Waals surface area contributed by atoms with Crippen molar-refractivity contribution in [2.75, 3.05) is 31.5 Å². The average Bonchev–Trinajstić information content (AvgIpc) is 2.66. The van der Waals surface area contributed by atoms with E-state index in [0.29, 0.717) is 16.3 Å². The van der Waals surface area contributed by atoms with E-state index >= 15 is 0 Å². The molecule has 2 aromatic rings. The quantitative estimate of drug-likeness (QED) is 0.865. The van der Waals surface area contributed by atoms with Crippen molar-refractivity contribution in [3.8, 4) is 6.07 Å². The lowest BCUT2D eigenvalue weighted by Crippen LogP contribution is -2.43. The van der Waals surface area contributed by atoms with Gasteiger partial charge in [-0.2, -0.15) is 5.26 Å². The number of hydrogen-bond acceptors (Lipinski definition) is 5. The second kappa shape index (κ2) is 8.28. The van der Waals surface area contributed by atoms with Crippen LogP contribution < -0.4 is 10.6 Å². The van der Waals surface area contributed by atoms with Crippen molar-refractivity contribution in [3.05, 3.63) is 57.9 Å². The summed E-state index contributed by atoms with van der Waals surface area (Å²) in [6, 6.07) is 8.69. The number of anilines is 1. The van der Waals surface area contributed by atoms with E-state index in [0.717, 1.165) is 43.9 Å². The van der Waals surface area contributed by atoms with Gasteiger partial charge in [-0.25, -0.2) is 4.98 Å². The van der Waals surface area contributed by atoms with Gasteiger partial charge in [0.05, 0.1) is 0 Å². The molecule has 1 saturated heterocycles. The van der Waals surface area contributed by atoms with Crippen LogP contribution in [0.15, 0.2) is 30.5 Å². The summed E-state index contributed by atoms with van der Waals surface area (Å²) in [5.41, 5.74) is 3.38. The fraction of sp³-hybridized carbons (Fsp3) is 0.316. The maximum absolute atomic E-state index is 12.5. The summed E-state index contributed by atoms with van der Waals surface area (Å²) in [7, 11) is 0. The molecule has 1 aromatic carbocycles. The van der Waals surface area contributed by atoms with E-state index in [1.807, 2.05) is 19.1 Å². The van der Waals surface area contributed by atoms with Crippen LogP contribution in [0.4, 0.5) is 5.69 Å². The minimum atomic E-state index is -0.289. The molecule has 2 heterocycles. The predicted molar refractivity (Wildman–Crippen MR) is 101 cm³/mol. The van der Waals surface area contributed by atoms with Crippen molar-refractivity contribution in [1.29, 1.82) is 5.26 Å². The number of carbonyl (C=O) groups excluding carboxylic acids is 1. The number of nitrogens with zero attached hydrogens (tertiary/aromatic N) is 3. The van der Waals surface area contributed by atoms with Crippen LogP contribution in [0.25, 0.3) is 0 Å². The van der Waals surface area contributed by atoms with Crippen LogP contribution in [-0.2, 0) is 6.54 Å². The molecule has 2 N–H and O–H groups in total. The molecule has 1 aliphatic rings. The standard InChI is InChI=1S/C19H20ClN5O/c1-13-15(12-25-6-4-22-5-7-25)8-16(20)10-18(13)24-19(26)14-2-3-23-17(9-14)11-21/h2-3,8-10,22H,4-7,12H2,1H3,(H,24,26). The van der Waals surface area contributed by atoms with E-state index < -0.39 is 0 Å². The van der Waals surface area contributed by atoms with Crippen LogP contribution >= 0.6 is 11.6 Å². The Bertz CT molecular complexity index is 855. The van der Waals surface area contributed by atoms with Gasteiger partial charge < -0.3 is 10.6 Å². The third-order valence-electron chi connectivity index (χ3n) is 4.47. The van der Waals surface area contributed by atoms with Crippen molar-refractivity contribution in [2.24, 2.45) is 0 Å². The number of nitriles is 1. The average molecular weight is 370 g/mol. The molecule has 1 aromatic heterocycles. The van der Waals surface area contributed by atoms with E-state index in [9.17, 15) is 4.79 Å². The van der Waals surface area contributed by atoms with Gasteiger partial charge in [0.15, 0.2) is 0 Å². The molecule has 0 spiro atoms. The molecule has 1 amide bonds. The summed E-state index contributed by atoms with van der Waals surface area (Å²) in [6.07, 6.45) is 1.45. The van der Waals surface area contributed by atoms with E-state index in [1.54, 1.807) is 12.1 Å². The van der Waals surface area contributed by atoms with Crippen molar-refractivity contribution < 1.29 is 4.79 Å². The second-order valence-electron chi connectivity index (χ2n) is 6.26. The lowest BCUT2D eigenvalue weighted by molar-refractivity contribution is 0.102. The van der Waals surface area contributed by atoms with Crippen LogP contribution in [-0.4, -0.2) is 42.0 Å². The minimum absolute atomic E-state index is 0.208. The zero-order valence-corrected chi connectivity index (χ0v) is 15.3. The molecule has 0 radical (unpaired) electrons. The van der Waals surface area contributed by atoms with Crippen molar-refractivity contribution in [3.63, 3.8) is 0 Å². The Kier molecular flexibility index (Phi) is 5.84. The van der Waals surface area contributed by atoms with Gasteiger partial charge in [-0.15, -0.1) is 0 Å². The maximum Gasteiger partial charge on any atom is 0.255 e. The second-order valence-corrected chi connectivity index (χ2v) is 6.70. The first-order chi connectivity index (χ1) is 12.6. The zero-order chi connectivity index (χ0) is 18.5. The van der Waals surface area contributed by atoms with Crippen LogP contribution in [0.2, 0.25) is 5.02 Å². The number of hydrogen-bond donors (Lipinski definition) is 2. The van der Waals surface area contributed by atoms with Crippen molar-refractivity contribution in [1.82, 2.24) is 15.2 Å². The molecule has 1 fully saturated rings. The van der Waals surface area contributed by atoms with Gasteiger partial charge in [-0.3, -0.25) is 9.69 Å². The molecule has 0 aliphatic carbocycles. The van der Waals surface area contributed by atoms with Crippen LogP contribution in [0.1, 0.15) is 27.2 Å². The molecule has 134 valence electrons. The summed E-state index contributed by atoms with van der Waals surface area (Å²) < 4.78 is 0. The van der Waals surface area contributed by atoms with Gasteiger partial charge in [-0.05, 0) is 42.3 Å².